The van der Waals surface area contributed by atoms with Crippen molar-refractivity contribution in [1.82, 2.24) is 40.2 Å². The largest absolute Gasteiger partial charge is 0.416 e. The molecular weight excluding hydrogens is 548 g/mol. The average Bonchev–Trinajstić information content (AvgIpc) is 3.57. The van der Waals surface area contributed by atoms with Crippen LogP contribution in [0.3, 0.4) is 0 Å². The number of aryl methyl sites for hydroxylation is 1. The summed E-state index contributed by atoms with van der Waals surface area (Å²) in [7, 11) is 1.82. The molecule has 1 aromatic carbocycles. The molecule has 0 radical (unpaired) electrons. The van der Waals surface area contributed by atoms with E-state index in [0.29, 0.717) is 37.7 Å². The monoisotopic (exact) mass is 581 g/mol. The van der Waals surface area contributed by atoms with Crippen LogP contribution in [0.5, 0.6) is 0 Å². The van der Waals surface area contributed by atoms with Gasteiger partial charge in [-0.2, -0.15) is 5.10 Å². The lowest BCUT2D eigenvalue weighted by Gasteiger charge is -2.22. The molecule has 14 heteroatoms. The summed E-state index contributed by atoms with van der Waals surface area (Å²) < 4.78 is 33.9. The van der Waals surface area contributed by atoms with Crippen LogP contribution < -0.4 is 10.6 Å². The molecule has 3 aromatic heterocycles. The number of halogens is 2. The maximum atomic E-state index is 13.4. The fourth-order valence-electron chi connectivity index (χ4n) is 4.79. The first kappa shape index (κ1) is 29.2. The summed E-state index contributed by atoms with van der Waals surface area (Å²) in [5, 5.41) is 27.7. The molecule has 42 heavy (non-hydrogen) atoms. The fourth-order valence-corrected chi connectivity index (χ4v) is 4.79. The zero-order valence-corrected chi connectivity index (χ0v) is 23.8. The lowest BCUT2D eigenvalue weighted by atomic mass is 9.94. The summed E-state index contributed by atoms with van der Waals surface area (Å²) in [5.74, 6) is -0.912. The normalized spacial score (nSPS) is 16.6. The van der Waals surface area contributed by atoms with Crippen molar-refractivity contribution in [3.8, 4) is 11.3 Å². The number of amides is 1. The van der Waals surface area contributed by atoms with Crippen molar-refractivity contribution >= 4 is 17.5 Å². The number of fused-ring (bicyclic) bond motifs is 1. The SMILES string of the molecule is C[C@@H](O)CN1CC[C@@H](NC(=O)c2nnc(C(C)(C)C(F)F)o2)c2ccc(-c3ccnc(Nc4cnn(C)c4)n3)cc2C1. The third-order valence-corrected chi connectivity index (χ3v) is 7.10. The highest BCUT2D eigenvalue weighted by Gasteiger charge is 2.38. The minimum absolute atomic E-state index is 0.307. The molecule has 0 unspecified atom stereocenters. The van der Waals surface area contributed by atoms with Gasteiger partial charge in [0.1, 0.15) is 5.41 Å². The van der Waals surface area contributed by atoms with Crippen molar-refractivity contribution in [2.24, 2.45) is 7.05 Å². The van der Waals surface area contributed by atoms with Crippen LogP contribution in [0.15, 0.2) is 47.3 Å². The van der Waals surface area contributed by atoms with Gasteiger partial charge in [0.25, 0.3) is 6.43 Å². The molecule has 1 aliphatic heterocycles. The highest BCUT2D eigenvalue weighted by Crippen LogP contribution is 2.32. The smallest absolute Gasteiger partial charge is 0.309 e. The van der Waals surface area contributed by atoms with Crippen molar-refractivity contribution in [3.63, 3.8) is 0 Å². The number of β-amino-alcohol motifs (C(OH)–C–C–N with tert-alkyl or cyclic N) is 1. The van der Waals surface area contributed by atoms with E-state index in [9.17, 15) is 18.7 Å². The van der Waals surface area contributed by atoms with E-state index in [1.165, 1.54) is 13.8 Å². The number of carbonyl (C=O) groups is 1. The Morgan fingerprint density at radius 2 is 2.07 bits per heavy atom. The van der Waals surface area contributed by atoms with Gasteiger partial charge in [0, 0.05) is 44.6 Å². The molecule has 0 saturated carbocycles. The van der Waals surface area contributed by atoms with Crippen molar-refractivity contribution in [2.75, 3.05) is 18.4 Å². The molecule has 0 saturated heterocycles. The molecule has 5 rings (SSSR count). The summed E-state index contributed by atoms with van der Waals surface area (Å²) in [6.45, 7) is 5.87. The Labute approximate surface area is 241 Å². The third-order valence-electron chi connectivity index (χ3n) is 7.10. The van der Waals surface area contributed by atoms with Gasteiger partial charge in [0.05, 0.1) is 29.7 Å². The highest BCUT2D eigenvalue weighted by atomic mass is 19.3. The van der Waals surface area contributed by atoms with Gasteiger partial charge in [-0.05, 0) is 50.5 Å². The second-order valence-corrected chi connectivity index (χ2v) is 11.0. The second-order valence-electron chi connectivity index (χ2n) is 11.0. The highest BCUT2D eigenvalue weighted by molar-refractivity contribution is 5.89. The molecule has 4 heterocycles. The van der Waals surface area contributed by atoms with Crippen LogP contribution in [-0.4, -0.2) is 71.5 Å². The molecular formula is C28H33F2N9O3. The van der Waals surface area contributed by atoms with Crippen molar-refractivity contribution < 1.29 is 23.1 Å². The zero-order chi connectivity index (χ0) is 30.0. The maximum Gasteiger partial charge on any atom is 0.309 e. The number of anilines is 2. The Balaban J connectivity index is 1.41. The number of hydrogen-bond donors (Lipinski definition) is 3. The third kappa shape index (κ3) is 6.44. The number of nitrogens with zero attached hydrogens (tertiary/aromatic N) is 7. The van der Waals surface area contributed by atoms with Crippen LogP contribution >= 0.6 is 0 Å². The molecule has 12 nitrogen and oxygen atoms in total. The quantitative estimate of drug-likeness (QED) is 0.268. The molecule has 4 aromatic rings. The van der Waals surface area contributed by atoms with Crippen molar-refractivity contribution in [3.05, 3.63) is 65.8 Å². The minimum atomic E-state index is -2.74. The van der Waals surface area contributed by atoms with Crippen molar-refractivity contribution in [1.29, 1.82) is 0 Å². The summed E-state index contributed by atoms with van der Waals surface area (Å²) in [5.41, 5.74) is 2.45. The first-order valence-corrected chi connectivity index (χ1v) is 13.5. The van der Waals surface area contributed by atoms with Crippen molar-refractivity contribution in [2.45, 2.75) is 57.7 Å². The van der Waals surface area contributed by atoms with E-state index in [0.717, 1.165) is 22.4 Å². The molecule has 0 aliphatic carbocycles. The molecule has 1 aliphatic rings. The van der Waals surface area contributed by atoms with E-state index in [-0.39, 0.29) is 11.8 Å². The van der Waals surface area contributed by atoms with E-state index in [4.69, 9.17) is 4.42 Å². The molecule has 0 spiro atoms. The number of carbonyl (C=O) groups excluding carboxylic acids is 1. The number of aromatic nitrogens is 6. The van der Waals surface area contributed by atoms with E-state index in [1.54, 1.807) is 24.0 Å². The molecule has 0 bridgehead atoms. The van der Waals surface area contributed by atoms with E-state index >= 15 is 0 Å². The number of rotatable bonds is 9. The fraction of sp³-hybridized carbons (Fsp3) is 0.429. The summed E-state index contributed by atoms with van der Waals surface area (Å²) in [4.78, 5) is 24.2. The second kappa shape index (κ2) is 11.9. The van der Waals surface area contributed by atoms with Gasteiger partial charge in [-0.25, -0.2) is 18.7 Å². The van der Waals surface area contributed by atoms with Crippen LogP contribution in [-0.2, 0) is 19.0 Å². The predicted molar refractivity (Wildman–Crippen MR) is 149 cm³/mol. The van der Waals surface area contributed by atoms with Crippen LogP contribution in [0.4, 0.5) is 20.4 Å². The maximum absolute atomic E-state index is 13.4. The van der Waals surface area contributed by atoms with Crippen LogP contribution in [0.25, 0.3) is 11.3 Å². The molecule has 2 atom stereocenters. The number of alkyl halides is 2. The number of nitrogens with one attached hydrogen (secondary N) is 2. The van der Waals surface area contributed by atoms with Crippen LogP contribution in [0, 0.1) is 0 Å². The topological polar surface area (TPSA) is 147 Å². The minimum Gasteiger partial charge on any atom is -0.416 e. The number of aliphatic hydroxyl groups is 1. The molecule has 3 N–H and O–H groups in total. The first-order chi connectivity index (χ1) is 20.0. The standard InChI is InChI=1S/C28H33F2N9O3/c1-16(40)13-39-10-8-22(34-23(41)24-36-37-26(42-24)28(2,3)25(29)30)20-6-5-17(11-18(20)14-39)21-7-9-31-27(35-21)33-19-12-32-38(4)15-19/h5-7,9,11-12,15-16,22,25,40H,8,10,13-14H2,1-4H3,(H,34,41)(H,31,33,35)/t16-,22-/m1/s1. The van der Waals surface area contributed by atoms with Gasteiger partial charge in [-0.15, -0.1) is 10.2 Å². The van der Waals surface area contributed by atoms with Gasteiger partial charge in [0.15, 0.2) is 0 Å². The lowest BCUT2D eigenvalue weighted by Crippen LogP contribution is -2.32. The molecule has 222 valence electrons. The summed E-state index contributed by atoms with van der Waals surface area (Å²) in [6, 6.07) is 7.27. The molecule has 1 amide bonds. The Bertz CT molecular complexity index is 1550. The number of benzene rings is 1. The van der Waals surface area contributed by atoms with Gasteiger partial charge in [0.2, 0.25) is 11.8 Å². The van der Waals surface area contributed by atoms with E-state index in [1.807, 2.05) is 37.5 Å². The number of aliphatic hydroxyl groups excluding tert-OH is 1. The predicted octanol–water partition coefficient (Wildman–Crippen LogP) is 3.60. The van der Waals surface area contributed by atoms with Crippen LogP contribution in [0.1, 0.15) is 60.9 Å². The lowest BCUT2D eigenvalue weighted by molar-refractivity contribution is 0.0527. The van der Waals surface area contributed by atoms with E-state index in [2.05, 4.69) is 40.8 Å². The van der Waals surface area contributed by atoms with Gasteiger partial charge >= 0.3 is 11.8 Å². The summed E-state index contributed by atoms with van der Waals surface area (Å²) >= 11 is 0. The Hall–Kier alpha value is -4.30. The van der Waals surface area contributed by atoms with E-state index < -0.39 is 29.9 Å². The Morgan fingerprint density at radius 1 is 1.26 bits per heavy atom. The Kier molecular flexibility index (Phi) is 8.27. The Morgan fingerprint density at radius 3 is 2.79 bits per heavy atom. The molecule has 0 fully saturated rings. The first-order valence-electron chi connectivity index (χ1n) is 13.5. The zero-order valence-electron chi connectivity index (χ0n) is 23.8. The van der Waals surface area contributed by atoms with Gasteiger partial charge < -0.3 is 20.2 Å². The van der Waals surface area contributed by atoms with Gasteiger partial charge in [-0.3, -0.25) is 14.4 Å². The van der Waals surface area contributed by atoms with Gasteiger partial charge in [-0.1, -0.05) is 12.1 Å². The average molecular weight is 582 g/mol. The summed E-state index contributed by atoms with van der Waals surface area (Å²) in [6.07, 6.45) is 2.43. The number of hydrogen-bond acceptors (Lipinski definition) is 10. The van der Waals surface area contributed by atoms with Crippen LogP contribution in [0.2, 0.25) is 0 Å².